The lowest BCUT2D eigenvalue weighted by Crippen LogP contribution is -2.30. The Morgan fingerprint density at radius 3 is 2.21 bits per heavy atom. The van der Waals surface area contributed by atoms with E-state index in [1.807, 2.05) is 13.8 Å². The van der Waals surface area contributed by atoms with Crippen molar-refractivity contribution in [3.63, 3.8) is 0 Å². The van der Waals surface area contributed by atoms with Crippen molar-refractivity contribution in [1.29, 1.82) is 0 Å². The Kier molecular flexibility index (Phi) is 3.63. The second-order valence-electron chi connectivity index (χ2n) is 3.71. The van der Waals surface area contributed by atoms with Crippen molar-refractivity contribution in [2.45, 2.75) is 13.8 Å². The lowest BCUT2D eigenvalue weighted by molar-refractivity contribution is 0.0340. The number of hydrogen-bond acceptors (Lipinski definition) is 4. The molecule has 85 valence electrons. The van der Waals surface area contributed by atoms with E-state index in [-0.39, 0.29) is 18.6 Å². The lowest BCUT2D eigenvalue weighted by Gasteiger charge is -2.38. The molecule has 14 heavy (non-hydrogen) atoms. The fourth-order valence-corrected chi connectivity index (χ4v) is 4.25. The average Bonchev–Trinajstić information content (AvgIpc) is 1.93. The van der Waals surface area contributed by atoms with Crippen LogP contribution in [0.4, 0.5) is 0 Å². The SMILES string of the molecule is CC1(C)CO[P](Cl)(OP(=O)(O)O)OC1. The molecule has 0 atom stereocenters. The van der Waals surface area contributed by atoms with Crippen molar-refractivity contribution in [3.05, 3.63) is 0 Å². The van der Waals surface area contributed by atoms with Crippen LogP contribution in [0.3, 0.4) is 0 Å². The number of rotatable bonds is 2. The molecule has 0 spiro atoms. The summed E-state index contributed by atoms with van der Waals surface area (Å²) in [5.74, 6) is 0. The first-order chi connectivity index (χ1) is 6.12. The van der Waals surface area contributed by atoms with Crippen molar-refractivity contribution in [3.8, 4) is 0 Å². The molecule has 2 N–H and O–H groups in total. The molecule has 0 bridgehead atoms. The normalized spacial score (nSPS) is 26.1. The molecule has 0 aliphatic carbocycles. The summed E-state index contributed by atoms with van der Waals surface area (Å²) in [6.07, 6.45) is 0. The molecule has 6 nitrogen and oxygen atoms in total. The summed E-state index contributed by atoms with van der Waals surface area (Å²) in [5.41, 5.74) is -0.226. The van der Waals surface area contributed by atoms with Crippen molar-refractivity contribution in [1.82, 2.24) is 0 Å². The molecule has 9 heteroatoms. The average molecular weight is 266 g/mol. The quantitative estimate of drug-likeness (QED) is 0.744. The van der Waals surface area contributed by atoms with Gasteiger partial charge in [-0.1, -0.05) is 13.8 Å². The maximum absolute atomic E-state index is 10.5. The van der Waals surface area contributed by atoms with Gasteiger partial charge in [0.1, 0.15) is 0 Å². The highest BCUT2D eigenvalue weighted by atomic mass is 35.7. The molecule has 0 amide bonds. The summed E-state index contributed by atoms with van der Waals surface area (Å²) in [6.45, 7) is 4.24. The van der Waals surface area contributed by atoms with Crippen LogP contribution in [0.1, 0.15) is 13.8 Å². The van der Waals surface area contributed by atoms with Crippen LogP contribution in [-0.2, 0) is 17.9 Å². The Labute approximate surface area is 87.1 Å². The molecule has 1 rings (SSSR count). The zero-order valence-electron chi connectivity index (χ0n) is 7.71. The molecule has 1 radical (unpaired) electrons. The Morgan fingerprint density at radius 1 is 1.43 bits per heavy atom. The van der Waals surface area contributed by atoms with Gasteiger partial charge in [-0.05, 0) is 11.2 Å². The molecule has 0 aromatic rings. The molecule has 1 fully saturated rings. The van der Waals surface area contributed by atoms with E-state index >= 15 is 0 Å². The van der Waals surface area contributed by atoms with Crippen molar-refractivity contribution >= 4 is 26.4 Å². The Balaban J connectivity index is 2.58. The lowest BCUT2D eigenvalue weighted by atomic mass is 9.97. The van der Waals surface area contributed by atoms with Gasteiger partial charge in [-0.15, -0.1) is 0 Å². The van der Waals surface area contributed by atoms with Gasteiger partial charge in [-0.25, -0.2) is 8.88 Å². The van der Waals surface area contributed by atoms with E-state index in [0.717, 1.165) is 0 Å². The second-order valence-corrected chi connectivity index (χ2v) is 7.97. The van der Waals surface area contributed by atoms with Crippen LogP contribution < -0.4 is 0 Å². The monoisotopic (exact) mass is 265 g/mol. The summed E-state index contributed by atoms with van der Waals surface area (Å²) in [7, 11) is -8.03. The molecule has 0 aromatic carbocycles. The molecule has 0 saturated carbocycles. The topological polar surface area (TPSA) is 85.2 Å². The molecule has 1 aliphatic heterocycles. The predicted molar refractivity (Wildman–Crippen MR) is 51.6 cm³/mol. The van der Waals surface area contributed by atoms with Crippen LogP contribution in [0.15, 0.2) is 0 Å². The van der Waals surface area contributed by atoms with Crippen molar-refractivity contribution < 1.29 is 27.7 Å². The number of halogens is 1. The van der Waals surface area contributed by atoms with Gasteiger partial charge >= 0.3 is 15.1 Å². The van der Waals surface area contributed by atoms with Crippen LogP contribution in [0.2, 0.25) is 0 Å². The molecule has 1 heterocycles. The van der Waals surface area contributed by atoms with Gasteiger partial charge < -0.3 is 18.8 Å². The summed E-state index contributed by atoms with van der Waals surface area (Å²) >= 11 is 5.64. The molecule has 0 unspecified atom stereocenters. The van der Waals surface area contributed by atoms with E-state index in [9.17, 15) is 4.57 Å². The van der Waals surface area contributed by atoms with Gasteiger partial charge in [0.2, 0.25) is 0 Å². The first-order valence-electron chi connectivity index (χ1n) is 3.77. The highest BCUT2D eigenvalue weighted by Crippen LogP contribution is 2.76. The summed E-state index contributed by atoms with van der Waals surface area (Å²) in [5, 5.41) is 0. The summed E-state index contributed by atoms with van der Waals surface area (Å²) < 4.78 is 24.8. The zero-order chi connectivity index (χ0) is 11.0. The van der Waals surface area contributed by atoms with Gasteiger partial charge in [0.25, 0.3) is 0 Å². The summed E-state index contributed by atoms with van der Waals surface area (Å²) in [4.78, 5) is 17.1. The highest BCUT2D eigenvalue weighted by molar-refractivity contribution is 7.90. The maximum atomic E-state index is 10.5. The maximum Gasteiger partial charge on any atom is 0.476 e. The van der Waals surface area contributed by atoms with Crippen LogP contribution in [0, 0.1) is 5.41 Å². The van der Waals surface area contributed by atoms with E-state index in [1.165, 1.54) is 0 Å². The van der Waals surface area contributed by atoms with E-state index in [1.54, 1.807) is 0 Å². The minimum Gasteiger partial charge on any atom is -0.307 e. The molecule has 1 aliphatic rings. The smallest absolute Gasteiger partial charge is 0.307 e. The van der Waals surface area contributed by atoms with E-state index in [4.69, 9.17) is 30.1 Å². The Morgan fingerprint density at radius 2 is 1.86 bits per heavy atom. The third-order valence-corrected chi connectivity index (χ3v) is 5.07. The third kappa shape index (κ3) is 4.09. The molecule has 0 aromatic heterocycles. The summed E-state index contributed by atoms with van der Waals surface area (Å²) in [6, 6.07) is 0. The van der Waals surface area contributed by atoms with E-state index in [0.29, 0.717) is 0 Å². The predicted octanol–water partition coefficient (Wildman–Crippen LogP) is 2.09. The number of hydrogen-bond donors (Lipinski definition) is 2. The van der Waals surface area contributed by atoms with Gasteiger partial charge in [0, 0.05) is 5.41 Å². The minimum atomic E-state index is -4.67. The molecular formula is C5H12ClO6P2. The molecule has 1 saturated heterocycles. The first-order valence-corrected chi connectivity index (χ1v) is 7.74. The van der Waals surface area contributed by atoms with Crippen LogP contribution >= 0.6 is 26.4 Å². The van der Waals surface area contributed by atoms with Crippen molar-refractivity contribution in [2.24, 2.45) is 5.41 Å². The van der Waals surface area contributed by atoms with Crippen LogP contribution in [0.5, 0.6) is 0 Å². The van der Waals surface area contributed by atoms with Gasteiger partial charge in [0.15, 0.2) is 0 Å². The van der Waals surface area contributed by atoms with Crippen LogP contribution in [0.25, 0.3) is 0 Å². The third-order valence-electron chi connectivity index (χ3n) is 1.42. The number of phosphoric acid groups is 1. The standard InChI is InChI=1S/C5H12ClO6P2/c1-5(2)3-10-13(6,11-4-5)12-14(7,8)9/h3-4H2,1-2H3,(H2,7,8,9). The zero-order valence-corrected chi connectivity index (χ0v) is 10.3. The Bertz CT molecular complexity index is 253. The van der Waals surface area contributed by atoms with E-state index in [2.05, 4.69) is 4.31 Å². The fraction of sp³-hybridized carbons (Fsp3) is 1.00. The van der Waals surface area contributed by atoms with Crippen LogP contribution in [-0.4, -0.2) is 23.0 Å². The molecular weight excluding hydrogens is 253 g/mol. The van der Waals surface area contributed by atoms with E-state index < -0.39 is 15.1 Å². The second kappa shape index (κ2) is 3.96. The Hall–Kier alpha value is 0.750. The van der Waals surface area contributed by atoms with Gasteiger partial charge in [0.05, 0.1) is 13.2 Å². The van der Waals surface area contributed by atoms with Gasteiger partial charge in [-0.3, -0.25) is 0 Å². The van der Waals surface area contributed by atoms with Crippen molar-refractivity contribution in [2.75, 3.05) is 13.2 Å². The van der Waals surface area contributed by atoms with Gasteiger partial charge in [-0.2, -0.15) is 0 Å². The first kappa shape index (κ1) is 12.8. The minimum absolute atomic E-state index is 0.226. The largest absolute Gasteiger partial charge is 0.476 e. The fourth-order valence-electron chi connectivity index (χ4n) is 0.757. The highest BCUT2D eigenvalue weighted by Gasteiger charge is 2.44.